The van der Waals surface area contributed by atoms with Gasteiger partial charge in [0.2, 0.25) is 0 Å². The van der Waals surface area contributed by atoms with Crippen LogP contribution in [0.5, 0.6) is 0 Å². The monoisotopic (exact) mass is 300 g/mol. The van der Waals surface area contributed by atoms with Crippen LogP contribution in [-0.4, -0.2) is 18.0 Å². The van der Waals surface area contributed by atoms with Crippen LogP contribution in [0.2, 0.25) is 0 Å². The zero-order valence-corrected chi connectivity index (χ0v) is 11.6. The second-order valence-electron chi connectivity index (χ2n) is 4.71. The van der Waals surface area contributed by atoms with Crippen molar-refractivity contribution in [1.82, 2.24) is 4.98 Å². The maximum atomic E-state index is 14.1. The van der Waals surface area contributed by atoms with Gasteiger partial charge in [0.05, 0.1) is 0 Å². The largest absolute Gasteiger partial charge is 0.441 e. The third-order valence-corrected chi connectivity index (χ3v) is 3.27. The van der Waals surface area contributed by atoms with Gasteiger partial charge in [0.15, 0.2) is 23.6 Å². The van der Waals surface area contributed by atoms with E-state index in [1.165, 1.54) is 18.2 Å². The van der Waals surface area contributed by atoms with Crippen molar-refractivity contribution in [3.8, 4) is 11.1 Å². The summed E-state index contributed by atoms with van der Waals surface area (Å²) in [6, 6.07) is 5.35. The molecular formula is C16H10F2N2O2. The molecule has 4 nitrogen and oxygen atoms in total. The van der Waals surface area contributed by atoms with E-state index in [1.54, 1.807) is 13.0 Å². The summed E-state index contributed by atoms with van der Waals surface area (Å²) < 4.78 is 33.3. The summed E-state index contributed by atoms with van der Waals surface area (Å²) in [6.45, 7) is 4.83. The lowest BCUT2D eigenvalue weighted by Gasteiger charge is -2.06. The molecule has 0 radical (unpaired) electrons. The summed E-state index contributed by atoms with van der Waals surface area (Å²) in [5, 5.41) is 0. The van der Waals surface area contributed by atoms with Gasteiger partial charge in [0, 0.05) is 12.5 Å². The Kier molecular flexibility index (Phi) is 3.29. The molecule has 0 aliphatic carbocycles. The van der Waals surface area contributed by atoms with Gasteiger partial charge in [-0.25, -0.2) is 13.8 Å². The molecule has 2 aromatic carbocycles. The van der Waals surface area contributed by atoms with Gasteiger partial charge < -0.3 is 4.42 Å². The van der Waals surface area contributed by atoms with Crippen LogP contribution in [0.4, 0.5) is 14.5 Å². The third kappa shape index (κ3) is 2.18. The Morgan fingerprint density at radius 1 is 1.18 bits per heavy atom. The average molecular weight is 300 g/mol. The molecule has 3 aromatic rings. The Balaban J connectivity index is 2.25. The van der Waals surface area contributed by atoms with Gasteiger partial charge in [0.1, 0.15) is 17.0 Å². The molecule has 0 unspecified atom stereocenters. The topological polar surface area (TPSA) is 55.5 Å². The standard InChI is InChI=1S/C16H10F2N2O2/c1-8-20-16-13(18)5-10(6-14(16)22-8)9-3-11(7-21)15(19-2)12(17)4-9/h3-7H,2H2,1H3. The van der Waals surface area contributed by atoms with Crippen LogP contribution >= 0.6 is 0 Å². The highest BCUT2D eigenvalue weighted by molar-refractivity contribution is 5.88. The molecule has 0 saturated heterocycles. The van der Waals surface area contributed by atoms with Crippen LogP contribution in [0.25, 0.3) is 22.2 Å². The fourth-order valence-electron chi connectivity index (χ4n) is 2.31. The molecule has 0 saturated carbocycles. The summed E-state index contributed by atoms with van der Waals surface area (Å²) in [7, 11) is 0. The zero-order chi connectivity index (χ0) is 15.9. The van der Waals surface area contributed by atoms with Gasteiger partial charge in [0.25, 0.3) is 0 Å². The number of nitrogens with zero attached hydrogens (tertiary/aromatic N) is 2. The molecule has 0 fully saturated rings. The van der Waals surface area contributed by atoms with E-state index in [0.717, 1.165) is 0 Å². The summed E-state index contributed by atoms with van der Waals surface area (Å²) in [5.74, 6) is -0.954. The fraction of sp³-hybridized carbons (Fsp3) is 0.0625. The lowest BCUT2D eigenvalue weighted by molar-refractivity contribution is 0.112. The molecular weight excluding hydrogens is 290 g/mol. The van der Waals surface area contributed by atoms with Crippen molar-refractivity contribution in [2.45, 2.75) is 6.92 Å². The molecule has 0 aliphatic heterocycles. The SMILES string of the molecule is C=Nc1c(F)cc(-c2cc(F)c3nc(C)oc3c2)cc1C=O. The molecule has 0 amide bonds. The first-order valence-corrected chi connectivity index (χ1v) is 6.36. The van der Waals surface area contributed by atoms with E-state index in [4.69, 9.17) is 4.42 Å². The Morgan fingerprint density at radius 3 is 2.55 bits per heavy atom. The van der Waals surface area contributed by atoms with E-state index in [1.807, 2.05) is 0 Å². The van der Waals surface area contributed by atoms with Crippen molar-refractivity contribution in [1.29, 1.82) is 0 Å². The number of carbonyl (C=O) groups excluding carboxylic acids is 1. The molecule has 0 N–H and O–H groups in total. The van der Waals surface area contributed by atoms with Gasteiger partial charge in [-0.2, -0.15) is 0 Å². The molecule has 6 heteroatoms. The number of hydrogen-bond donors (Lipinski definition) is 0. The molecule has 0 aliphatic rings. The quantitative estimate of drug-likeness (QED) is 0.537. The molecule has 1 heterocycles. The number of aryl methyl sites for hydroxylation is 1. The summed E-state index contributed by atoms with van der Waals surface area (Å²) >= 11 is 0. The number of halogens is 2. The molecule has 110 valence electrons. The number of aliphatic imine (C=N–C) groups is 1. The number of hydrogen-bond acceptors (Lipinski definition) is 4. The van der Waals surface area contributed by atoms with E-state index in [2.05, 4.69) is 16.7 Å². The summed E-state index contributed by atoms with van der Waals surface area (Å²) in [6.07, 6.45) is 0.476. The molecule has 0 spiro atoms. The molecule has 1 aromatic heterocycles. The normalized spacial score (nSPS) is 10.9. The highest BCUT2D eigenvalue weighted by atomic mass is 19.1. The van der Waals surface area contributed by atoms with Crippen molar-refractivity contribution < 1.29 is 18.0 Å². The van der Waals surface area contributed by atoms with Crippen molar-refractivity contribution in [3.63, 3.8) is 0 Å². The molecule has 22 heavy (non-hydrogen) atoms. The zero-order valence-electron chi connectivity index (χ0n) is 11.6. The van der Waals surface area contributed by atoms with Gasteiger partial charge in [-0.05, 0) is 42.1 Å². The number of oxazole rings is 1. The maximum absolute atomic E-state index is 14.1. The Hall–Kier alpha value is -2.89. The molecule has 3 rings (SSSR count). The average Bonchev–Trinajstić information content (AvgIpc) is 2.87. The number of fused-ring (bicyclic) bond motifs is 1. The summed E-state index contributed by atoms with van der Waals surface area (Å²) in [4.78, 5) is 18.5. The van der Waals surface area contributed by atoms with Gasteiger partial charge in [-0.3, -0.25) is 9.79 Å². The lowest BCUT2D eigenvalue weighted by atomic mass is 10.0. The number of rotatable bonds is 3. The molecule has 0 bridgehead atoms. The third-order valence-electron chi connectivity index (χ3n) is 3.27. The van der Waals surface area contributed by atoms with Crippen LogP contribution < -0.4 is 0 Å². The van der Waals surface area contributed by atoms with Crippen molar-refractivity contribution in [2.24, 2.45) is 4.99 Å². The van der Waals surface area contributed by atoms with E-state index in [9.17, 15) is 13.6 Å². The fourth-order valence-corrected chi connectivity index (χ4v) is 2.31. The first-order valence-electron chi connectivity index (χ1n) is 6.36. The number of benzene rings is 2. The predicted octanol–water partition coefficient (Wildman–Crippen LogP) is 4.23. The van der Waals surface area contributed by atoms with Crippen molar-refractivity contribution in [3.05, 3.63) is 47.4 Å². The second-order valence-corrected chi connectivity index (χ2v) is 4.71. The Morgan fingerprint density at radius 2 is 1.86 bits per heavy atom. The van der Waals surface area contributed by atoms with Gasteiger partial charge >= 0.3 is 0 Å². The summed E-state index contributed by atoms with van der Waals surface area (Å²) in [5.41, 5.74) is 0.990. The number of carbonyl (C=O) groups is 1. The lowest BCUT2D eigenvalue weighted by Crippen LogP contribution is -1.90. The minimum atomic E-state index is -0.705. The highest BCUT2D eigenvalue weighted by Crippen LogP contribution is 2.32. The van der Waals surface area contributed by atoms with Crippen LogP contribution in [-0.2, 0) is 0 Å². The van der Waals surface area contributed by atoms with Crippen molar-refractivity contribution >= 4 is 29.8 Å². The highest BCUT2D eigenvalue weighted by Gasteiger charge is 2.14. The van der Waals surface area contributed by atoms with E-state index in [0.29, 0.717) is 23.3 Å². The maximum Gasteiger partial charge on any atom is 0.192 e. The second kappa shape index (κ2) is 5.14. The van der Waals surface area contributed by atoms with E-state index in [-0.39, 0.29) is 22.4 Å². The van der Waals surface area contributed by atoms with Crippen LogP contribution in [0, 0.1) is 18.6 Å². The number of aromatic nitrogens is 1. The van der Waals surface area contributed by atoms with Gasteiger partial charge in [-0.15, -0.1) is 0 Å². The minimum absolute atomic E-state index is 0.0410. The van der Waals surface area contributed by atoms with Crippen molar-refractivity contribution in [2.75, 3.05) is 0 Å². The molecule has 0 atom stereocenters. The Bertz CT molecular complexity index is 916. The van der Waals surface area contributed by atoms with Crippen LogP contribution in [0.3, 0.4) is 0 Å². The van der Waals surface area contributed by atoms with E-state index < -0.39 is 11.6 Å². The van der Waals surface area contributed by atoms with Crippen LogP contribution in [0.1, 0.15) is 16.2 Å². The first-order chi connectivity index (χ1) is 10.5. The first kappa shape index (κ1) is 14.1. The Labute approximate surface area is 124 Å². The smallest absolute Gasteiger partial charge is 0.192 e. The van der Waals surface area contributed by atoms with E-state index >= 15 is 0 Å². The number of aldehydes is 1. The van der Waals surface area contributed by atoms with Crippen LogP contribution in [0.15, 0.2) is 33.7 Å². The van der Waals surface area contributed by atoms with Gasteiger partial charge in [-0.1, -0.05) is 0 Å². The minimum Gasteiger partial charge on any atom is -0.441 e. The predicted molar refractivity (Wildman–Crippen MR) is 78.7 cm³/mol.